The number of aromatic nitrogens is 4. The SMILES string of the molecule is Cc1nccn1CC(=O)NCC1CCN(c2cc(-c3ccc(F)cc3)[nH]n2)CC1. The molecule has 0 saturated carbocycles. The van der Waals surface area contributed by atoms with E-state index < -0.39 is 0 Å². The van der Waals surface area contributed by atoms with Gasteiger partial charge in [0, 0.05) is 38.1 Å². The van der Waals surface area contributed by atoms with Gasteiger partial charge in [0.1, 0.15) is 18.2 Å². The van der Waals surface area contributed by atoms with Gasteiger partial charge in [-0.05, 0) is 55.5 Å². The molecule has 0 atom stereocenters. The van der Waals surface area contributed by atoms with Crippen LogP contribution in [0, 0.1) is 18.7 Å². The highest BCUT2D eigenvalue weighted by atomic mass is 19.1. The Balaban J connectivity index is 1.25. The van der Waals surface area contributed by atoms with Gasteiger partial charge in [-0.25, -0.2) is 9.37 Å². The number of aryl methyl sites for hydroxylation is 1. The molecule has 1 aliphatic rings. The van der Waals surface area contributed by atoms with Gasteiger partial charge in [0.15, 0.2) is 5.82 Å². The van der Waals surface area contributed by atoms with Crippen molar-refractivity contribution >= 4 is 11.7 Å². The van der Waals surface area contributed by atoms with E-state index in [1.807, 2.05) is 23.8 Å². The molecule has 3 aromatic rings. The third kappa shape index (κ3) is 4.64. The highest BCUT2D eigenvalue weighted by Gasteiger charge is 2.21. The van der Waals surface area contributed by atoms with Crippen LogP contribution in [-0.4, -0.2) is 45.3 Å². The summed E-state index contributed by atoms with van der Waals surface area (Å²) in [6.45, 7) is 4.69. The maximum absolute atomic E-state index is 13.1. The lowest BCUT2D eigenvalue weighted by Crippen LogP contribution is -2.39. The molecular formula is C21H25FN6O. The van der Waals surface area contributed by atoms with Crippen LogP contribution in [0.5, 0.6) is 0 Å². The maximum Gasteiger partial charge on any atom is 0.239 e. The number of rotatable bonds is 6. The second-order valence-electron chi connectivity index (χ2n) is 7.48. The van der Waals surface area contributed by atoms with Crippen molar-refractivity contribution in [1.29, 1.82) is 0 Å². The van der Waals surface area contributed by atoms with E-state index in [1.54, 1.807) is 18.3 Å². The van der Waals surface area contributed by atoms with Crippen LogP contribution < -0.4 is 10.2 Å². The largest absolute Gasteiger partial charge is 0.355 e. The first-order valence-corrected chi connectivity index (χ1v) is 9.89. The van der Waals surface area contributed by atoms with E-state index in [9.17, 15) is 9.18 Å². The van der Waals surface area contributed by atoms with Crippen molar-refractivity contribution < 1.29 is 9.18 Å². The van der Waals surface area contributed by atoms with Crippen LogP contribution in [0.1, 0.15) is 18.7 Å². The molecule has 1 amide bonds. The summed E-state index contributed by atoms with van der Waals surface area (Å²) in [5.74, 6) is 1.98. The molecule has 4 rings (SSSR count). The number of nitrogens with one attached hydrogen (secondary N) is 2. The molecular weight excluding hydrogens is 371 g/mol. The second kappa shape index (κ2) is 8.46. The highest BCUT2D eigenvalue weighted by molar-refractivity contribution is 5.75. The molecule has 1 fully saturated rings. The third-order valence-electron chi connectivity index (χ3n) is 5.48. The number of H-pyrrole nitrogens is 1. The zero-order valence-corrected chi connectivity index (χ0v) is 16.4. The fraction of sp³-hybridized carbons (Fsp3) is 0.381. The van der Waals surface area contributed by atoms with Crippen LogP contribution in [0.15, 0.2) is 42.7 Å². The Bertz CT molecular complexity index is 956. The van der Waals surface area contributed by atoms with Crippen molar-refractivity contribution in [2.45, 2.75) is 26.3 Å². The summed E-state index contributed by atoms with van der Waals surface area (Å²) < 4.78 is 14.9. The van der Waals surface area contributed by atoms with Crippen LogP contribution in [0.2, 0.25) is 0 Å². The molecule has 0 spiro atoms. The van der Waals surface area contributed by atoms with E-state index in [0.717, 1.165) is 48.8 Å². The van der Waals surface area contributed by atoms with E-state index in [0.29, 0.717) is 19.0 Å². The van der Waals surface area contributed by atoms with Crippen molar-refractivity contribution in [3.63, 3.8) is 0 Å². The fourth-order valence-electron chi connectivity index (χ4n) is 3.66. The van der Waals surface area contributed by atoms with Gasteiger partial charge in [0.05, 0.1) is 5.69 Å². The monoisotopic (exact) mass is 396 g/mol. The summed E-state index contributed by atoms with van der Waals surface area (Å²) >= 11 is 0. The molecule has 0 aliphatic carbocycles. The van der Waals surface area contributed by atoms with Crippen molar-refractivity contribution in [1.82, 2.24) is 25.1 Å². The van der Waals surface area contributed by atoms with Gasteiger partial charge in [-0.3, -0.25) is 9.89 Å². The predicted molar refractivity (Wildman–Crippen MR) is 109 cm³/mol. The molecule has 2 N–H and O–H groups in total. The minimum atomic E-state index is -0.247. The van der Waals surface area contributed by atoms with Gasteiger partial charge in [-0.1, -0.05) is 0 Å². The maximum atomic E-state index is 13.1. The molecule has 2 aromatic heterocycles. The summed E-state index contributed by atoms with van der Waals surface area (Å²) in [6, 6.07) is 8.38. The molecule has 1 aliphatic heterocycles. The molecule has 8 heteroatoms. The molecule has 0 unspecified atom stereocenters. The smallest absolute Gasteiger partial charge is 0.239 e. The zero-order valence-electron chi connectivity index (χ0n) is 16.4. The molecule has 1 aromatic carbocycles. The van der Waals surface area contributed by atoms with Crippen molar-refractivity contribution in [3.05, 3.63) is 54.4 Å². The minimum Gasteiger partial charge on any atom is -0.355 e. The number of carbonyl (C=O) groups excluding carboxylic acids is 1. The van der Waals surface area contributed by atoms with E-state index in [4.69, 9.17) is 0 Å². The number of nitrogens with zero attached hydrogens (tertiary/aromatic N) is 4. The van der Waals surface area contributed by atoms with Gasteiger partial charge in [-0.15, -0.1) is 0 Å². The lowest BCUT2D eigenvalue weighted by Gasteiger charge is -2.32. The van der Waals surface area contributed by atoms with Crippen molar-refractivity contribution in [2.24, 2.45) is 5.92 Å². The standard InChI is InChI=1S/C21H25FN6O/c1-15-23-8-11-28(15)14-21(29)24-13-16-6-9-27(10-7-16)20-12-19(25-26-20)17-2-4-18(22)5-3-17/h2-5,8,11-12,16H,6-7,9-10,13-14H2,1H3,(H,24,29)(H,25,26). The molecule has 0 bridgehead atoms. The predicted octanol–water partition coefficient (Wildman–Crippen LogP) is 2.75. The molecule has 152 valence electrons. The minimum absolute atomic E-state index is 0.0183. The molecule has 3 heterocycles. The third-order valence-corrected chi connectivity index (χ3v) is 5.48. The average molecular weight is 396 g/mol. The first kappa shape index (κ1) is 19.2. The zero-order chi connectivity index (χ0) is 20.2. The van der Waals surface area contributed by atoms with Gasteiger partial charge < -0.3 is 14.8 Å². The Labute approximate surface area is 168 Å². The summed E-state index contributed by atoms with van der Waals surface area (Å²) in [5.41, 5.74) is 1.79. The van der Waals surface area contributed by atoms with Crippen LogP contribution in [0.4, 0.5) is 10.2 Å². The number of imidazole rings is 1. The Morgan fingerprint density at radius 1 is 1.28 bits per heavy atom. The first-order valence-electron chi connectivity index (χ1n) is 9.89. The first-order chi connectivity index (χ1) is 14.1. The molecule has 0 radical (unpaired) electrons. The number of aromatic amines is 1. The van der Waals surface area contributed by atoms with E-state index >= 15 is 0 Å². The summed E-state index contributed by atoms with van der Waals surface area (Å²) in [4.78, 5) is 18.5. The van der Waals surface area contributed by atoms with E-state index in [2.05, 4.69) is 25.4 Å². The summed E-state index contributed by atoms with van der Waals surface area (Å²) in [7, 11) is 0. The summed E-state index contributed by atoms with van der Waals surface area (Å²) in [6.07, 6.45) is 5.53. The number of carbonyl (C=O) groups is 1. The number of halogens is 1. The number of amides is 1. The second-order valence-corrected chi connectivity index (χ2v) is 7.48. The molecule has 7 nitrogen and oxygen atoms in total. The van der Waals surface area contributed by atoms with Gasteiger partial charge in [0.2, 0.25) is 5.91 Å². The van der Waals surface area contributed by atoms with Crippen LogP contribution >= 0.6 is 0 Å². The number of anilines is 1. The van der Waals surface area contributed by atoms with Crippen molar-refractivity contribution in [3.8, 4) is 11.3 Å². The highest BCUT2D eigenvalue weighted by Crippen LogP contribution is 2.25. The van der Waals surface area contributed by atoms with E-state index in [-0.39, 0.29) is 11.7 Å². The van der Waals surface area contributed by atoms with Gasteiger partial charge in [-0.2, -0.15) is 5.10 Å². The Morgan fingerprint density at radius 2 is 2.03 bits per heavy atom. The number of hydrogen-bond donors (Lipinski definition) is 2. The molecule has 1 saturated heterocycles. The van der Waals surface area contributed by atoms with Crippen LogP contribution in [-0.2, 0) is 11.3 Å². The summed E-state index contributed by atoms with van der Waals surface area (Å²) in [5, 5.41) is 10.5. The molecule has 29 heavy (non-hydrogen) atoms. The average Bonchev–Trinajstić information content (AvgIpc) is 3.37. The number of benzene rings is 1. The normalized spacial score (nSPS) is 14.9. The van der Waals surface area contributed by atoms with Crippen molar-refractivity contribution in [2.75, 3.05) is 24.5 Å². The lowest BCUT2D eigenvalue weighted by atomic mass is 9.97. The van der Waals surface area contributed by atoms with E-state index in [1.165, 1.54) is 12.1 Å². The Kier molecular flexibility index (Phi) is 5.59. The Hall–Kier alpha value is -3.16. The van der Waals surface area contributed by atoms with Gasteiger partial charge in [0.25, 0.3) is 0 Å². The lowest BCUT2D eigenvalue weighted by molar-refractivity contribution is -0.121. The van der Waals surface area contributed by atoms with Gasteiger partial charge >= 0.3 is 0 Å². The topological polar surface area (TPSA) is 78.8 Å². The fourth-order valence-corrected chi connectivity index (χ4v) is 3.66. The van der Waals surface area contributed by atoms with Crippen LogP contribution in [0.3, 0.4) is 0 Å². The quantitative estimate of drug-likeness (QED) is 0.672. The number of hydrogen-bond acceptors (Lipinski definition) is 4. The Morgan fingerprint density at radius 3 is 2.72 bits per heavy atom. The number of piperidine rings is 1. The van der Waals surface area contributed by atoms with Crippen LogP contribution in [0.25, 0.3) is 11.3 Å².